The maximum absolute atomic E-state index is 12.2. The van der Waals surface area contributed by atoms with Crippen LogP contribution in [0, 0.1) is 0 Å². The topological polar surface area (TPSA) is 132 Å². The van der Waals surface area contributed by atoms with E-state index in [4.69, 9.17) is 22.3 Å². The summed E-state index contributed by atoms with van der Waals surface area (Å²) in [6, 6.07) is 16.3. The second-order valence-corrected chi connectivity index (χ2v) is 11.0. The van der Waals surface area contributed by atoms with Gasteiger partial charge in [-0.05, 0) is 43.7 Å². The van der Waals surface area contributed by atoms with Gasteiger partial charge >= 0.3 is 0 Å². The number of hydrogen-bond donors (Lipinski definition) is 4. The van der Waals surface area contributed by atoms with Gasteiger partial charge in [-0.25, -0.2) is 9.97 Å². The summed E-state index contributed by atoms with van der Waals surface area (Å²) < 4.78 is 0. The highest BCUT2D eigenvalue weighted by molar-refractivity contribution is 6.33. The average molecular weight is 587 g/mol. The van der Waals surface area contributed by atoms with Crippen molar-refractivity contribution in [3.8, 4) is 11.3 Å². The number of aromatic nitrogens is 3. The van der Waals surface area contributed by atoms with E-state index >= 15 is 0 Å². The van der Waals surface area contributed by atoms with Crippen molar-refractivity contribution in [3.63, 3.8) is 0 Å². The molecule has 1 saturated heterocycles. The number of nitrogens with one attached hydrogen (secondary N) is 3. The fraction of sp³-hybridized carbons (Fsp3) is 0.290. The van der Waals surface area contributed by atoms with Crippen LogP contribution in [0.3, 0.4) is 0 Å². The Morgan fingerprint density at radius 2 is 1.93 bits per heavy atom. The molecule has 5 rings (SSSR count). The van der Waals surface area contributed by atoms with Gasteiger partial charge in [-0.2, -0.15) is 0 Å². The lowest BCUT2D eigenvalue weighted by Gasteiger charge is -2.32. The molecule has 1 fully saturated rings. The number of anilines is 2. The number of fused-ring (bicyclic) bond motifs is 1. The maximum atomic E-state index is 12.2. The molecule has 3 heterocycles. The van der Waals surface area contributed by atoms with Gasteiger partial charge in [-0.1, -0.05) is 48.0 Å². The summed E-state index contributed by atoms with van der Waals surface area (Å²) >= 11 is 6.49. The Balaban J connectivity index is 1.09. The van der Waals surface area contributed by atoms with Crippen LogP contribution in [-0.4, -0.2) is 75.8 Å². The fourth-order valence-electron chi connectivity index (χ4n) is 5.12. The predicted octanol–water partition coefficient (Wildman–Crippen LogP) is 4.27. The summed E-state index contributed by atoms with van der Waals surface area (Å²) in [5, 5.41) is 7.97. The number of carbonyl (C=O) groups is 2. The Labute approximate surface area is 250 Å². The number of H-pyrrole nitrogens is 1. The number of nitrogens with two attached hydrogens (primary N) is 1. The quantitative estimate of drug-likeness (QED) is 0.193. The van der Waals surface area contributed by atoms with Crippen molar-refractivity contribution < 1.29 is 9.59 Å². The van der Waals surface area contributed by atoms with E-state index in [2.05, 4.69) is 31.6 Å². The Morgan fingerprint density at radius 3 is 2.69 bits per heavy atom. The minimum atomic E-state index is -0.403. The number of benzene rings is 2. The largest absolute Gasteiger partial charge is 0.369 e. The highest BCUT2D eigenvalue weighted by atomic mass is 35.5. The van der Waals surface area contributed by atoms with Crippen LogP contribution in [0.1, 0.15) is 18.4 Å². The molecule has 10 nitrogen and oxygen atoms in total. The SMILES string of the molecule is CN(CC=CC(=O)Nc1ccc(CN2CCC(Nc3ncc(Cl)c(-c4c[nH]c5ccccc45)n3)CC2)cc1)CC(N)=O. The number of likely N-dealkylation sites (N-methyl/N-ethyl adjacent to an activating group) is 1. The second-order valence-electron chi connectivity index (χ2n) is 10.6. The number of carbonyl (C=O) groups excluding carboxylic acids is 2. The molecule has 2 aromatic carbocycles. The number of hydrogen-bond acceptors (Lipinski definition) is 7. The molecule has 0 saturated carbocycles. The Kier molecular flexibility index (Phi) is 9.48. The maximum Gasteiger partial charge on any atom is 0.248 e. The van der Waals surface area contributed by atoms with Crippen molar-refractivity contribution in [2.75, 3.05) is 43.9 Å². The standard InChI is InChI=1S/C31H35ClN8O2/c1-39(20-28(33)41)14-4-7-29(42)36-22-10-8-21(9-11-22)19-40-15-12-23(13-16-40)37-31-35-18-26(32)30(38-31)25-17-34-27-6-3-2-5-24(25)27/h2-11,17-18,23,34H,12-16,19-20H2,1H3,(H2,33,41)(H,36,42)(H,35,37,38). The smallest absolute Gasteiger partial charge is 0.248 e. The second kappa shape index (κ2) is 13.6. The van der Waals surface area contributed by atoms with Crippen molar-refractivity contribution in [1.82, 2.24) is 24.8 Å². The summed E-state index contributed by atoms with van der Waals surface area (Å²) in [5.41, 5.74) is 9.81. The molecule has 5 N–H and O–H groups in total. The zero-order valence-electron chi connectivity index (χ0n) is 23.5. The van der Waals surface area contributed by atoms with Crippen LogP contribution in [0.5, 0.6) is 0 Å². The summed E-state index contributed by atoms with van der Waals surface area (Å²) in [4.78, 5) is 39.8. The number of primary amides is 1. The predicted molar refractivity (Wildman–Crippen MR) is 167 cm³/mol. The van der Waals surface area contributed by atoms with Gasteiger partial charge < -0.3 is 21.4 Å². The molecule has 42 heavy (non-hydrogen) atoms. The highest BCUT2D eigenvalue weighted by Crippen LogP contribution is 2.32. The van der Waals surface area contributed by atoms with E-state index in [1.54, 1.807) is 24.2 Å². The Bertz CT molecular complexity index is 1560. The van der Waals surface area contributed by atoms with E-state index in [9.17, 15) is 9.59 Å². The van der Waals surface area contributed by atoms with Gasteiger partial charge in [0, 0.05) is 66.6 Å². The van der Waals surface area contributed by atoms with Crippen molar-refractivity contribution in [2.45, 2.75) is 25.4 Å². The van der Waals surface area contributed by atoms with Crippen LogP contribution >= 0.6 is 11.6 Å². The van der Waals surface area contributed by atoms with Gasteiger partial charge in [0.15, 0.2) is 0 Å². The minimum absolute atomic E-state index is 0.145. The number of halogens is 1. The number of likely N-dealkylation sites (tertiary alicyclic amines) is 1. The molecule has 0 atom stereocenters. The van der Waals surface area contributed by atoms with Crippen LogP contribution < -0.4 is 16.4 Å². The van der Waals surface area contributed by atoms with Gasteiger partial charge in [0.1, 0.15) is 0 Å². The molecule has 1 aliphatic rings. The van der Waals surface area contributed by atoms with Crippen molar-refractivity contribution >= 4 is 46.0 Å². The third-order valence-corrected chi connectivity index (χ3v) is 7.53. The molecule has 0 radical (unpaired) electrons. The lowest BCUT2D eigenvalue weighted by atomic mass is 10.0. The summed E-state index contributed by atoms with van der Waals surface area (Å²) in [5.74, 6) is -0.0355. The monoisotopic (exact) mass is 586 g/mol. The fourth-order valence-corrected chi connectivity index (χ4v) is 5.31. The van der Waals surface area contributed by atoms with Crippen molar-refractivity contribution in [3.05, 3.63) is 83.7 Å². The molecular weight excluding hydrogens is 552 g/mol. The number of para-hydroxylation sites is 1. The van der Waals surface area contributed by atoms with E-state index in [-0.39, 0.29) is 18.5 Å². The first-order chi connectivity index (χ1) is 20.3. The molecule has 218 valence electrons. The van der Waals surface area contributed by atoms with Gasteiger partial charge in [0.2, 0.25) is 17.8 Å². The van der Waals surface area contributed by atoms with Crippen LogP contribution in [-0.2, 0) is 16.1 Å². The van der Waals surface area contributed by atoms with Gasteiger partial charge in [-0.3, -0.25) is 19.4 Å². The molecule has 1 aliphatic heterocycles. The average Bonchev–Trinajstić information content (AvgIpc) is 3.40. The molecule has 4 aromatic rings. The molecule has 0 aliphatic carbocycles. The molecule has 2 aromatic heterocycles. The first kappa shape index (κ1) is 29.2. The zero-order chi connectivity index (χ0) is 29.5. The van der Waals surface area contributed by atoms with E-state index in [0.29, 0.717) is 23.2 Å². The molecule has 0 unspecified atom stereocenters. The third kappa shape index (κ3) is 7.73. The highest BCUT2D eigenvalue weighted by Gasteiger charge is 2.21. The van der Waals surface area contributed by atoms with E-state index in [0.717, 1.165) is 54.6 Å². The van der Waals surface area contributed by atoms with E-state index in [1.807, 2.05) is 48.7 Å². The lowest BCUT2D eigenvalue weighted by Crippen LogP contribution is -2.39. The third-order valence-electron chi connectivity index (χ3n) is 7.25. The summed E-state index contributed by atoms with van der Waals surface area (Å²) in [7, 11) is 1.76. The lowest BCUT2D eigenvalue weighted by molar-refractivity contribution is -0.118. The first-order valence-corrected chi connectivity index (χ1v) is 14.3. The van der Waals surface area contributed by atoms with E-state index in [1.165, 1.54) is 11.6 Å². The summed E-state index contributed by atoms with van der Waals surface area (Å²) in [6.07, 6.45) is 8.72. The van der Waals surface area contributed by atoms with Gasteiger partial charge in [0.05, 0.1) is 23.5 Å². The number of amides is 2. The first-order valence-electron chi connectivity index (χ1n) is 14.0. The van der Waals surface area contributed by atoms with Crippen LogP contribution in [0.2, 0.25) is 5.02 Å². The van der Waals surface area contributed by atoms with Crippen LogP contribution in [0.25, 0.3) is 22.2 Å². The zero-order valence-corrected chi connectivity index (χ0v) is 24.3. The normalized spacial score (nSPS) is 14.5. The molecule has 0 bridgehead atoms. The van der Waals surface area contributed by atoms with Crippen LogP contribution in [0.4, 0.5) is 11.6 Å². The van der Waals surface area contributed by atoms with Crippen molar-refractivity contribution in [1.29, 1.82) is 0 Å². The molecular formula is C31H35ClN8O2. The Morgan fingerprint density at radius 1 is 1.17 bits per heavy atom. The van der Waals surface area contributed by atoms with Gasteiger partial charge in [0.25, 0.3) is 0 Å². The molecule has 0 spiro atoms. The Hall–Kier alpha value is -4.25. The number of aromatic amines is 1. The number of piperidine rings is 1. The molecule has 11 heteroatoms. The molecule has 2 amide bonds. The van der Waals surface area contributed by atoms with Gasteiger partial charge in [-0.15, -0.1) is 0 Å². The number of rotatable bonds is 11. The van der Waals surface area contributed by atoms with Crippen molar-refractivity contribution in [2.24, 2.45) is 5.73 Å². The summed E-state index contributed by atoms with van der Waals surface area (Å²) in [6.45, 7) is 3.35. The number of nitrogens with zero attached hydrogens (tertiary/aromatic N) is 4. The minimum Gasteiger partial charge on any atom is -0.369 e. The van der Waals surface area contributed by atoms with E-state index < -0.39 is 5.91 Å². The van der Waals surface area contributed by atoms with Crippen LogP contribution in [0.15, 0.2) is 73.1 Å².